The number of imide groups is 2. The standard InChI is InChI=1S/C28H23IN4O8/c1-3-40-23-14-17(13-22(29)25(23)41-15-24(34)30-18-6-4-5-16(2)11-18)12-21-26(35)31-28(37)32(27(21)36)19-7-9-20(10-8-19)33(38)39/h4-14H,3,15H2,1-2H3,(H,30,34)(H,31,35,37)/b21-12+. The van der Waals surface area contributed by atoms with E-state index in [4.69, 9.17) is 9.47 Å². The number of amides is 5. The Labute approximate surface area is 247 Å². The van der Waals surface area contributed by atoms with Crippen LogP contribution in [0.3, 0.4) is 0 Å². The van der Waals surface area contributed by atoms with Gasteiger partial charge in [-0.05, 0) is 90.0 Å². The molecule has 3 aromatic rings. The number of nitro benzene ring substituents is 1. The lowest BCUT2D eigenvalue weighted by Gasteiger charge is -2.26. The highest BCUT2D eigenvalue weighted by atomic mass is 127. The molecule has 1 fully saturated rings. The molecular weight excluding hydrogens is 647 g/mol. The lowest BCUT2D eigenvalue weighted by atomic mass is 10.1. The Morgan fingerprint density at radius 1 is 1.10 bits per heavy atom. The van der Waals surface area contributed by atoms with Crippen molar-refractivity contribution in [3.05, 3.63) is 91.0 Å². The van der Waals surface area contributed by atoms with Gasteiger partial charge in [-0.1, -0.05) is 12.1 Å². The number of hydrogen-bond donors (Lipinski definition) is 2. The Hall–Kier alpha value is -4.79. The monoisotopic (exact) mass is 670 g/mol. The number of hydrogen-bond acceptors (Lipinski definition) is 8. The van der Waals surface area contributed by atoms with Crippen LogP contribution in [0, 0.1) is 20.6 Å². The van der Waals surface area contributed by atoms with Crippen molar-refractivity contribution in [1.29, 1.82) is 0 Å². The minimum atomic E-state index is -0.983. The van der Waals surface area contributed by atoms with E-state index in [1.807, 2.05) is 47.7 Å². The van der Waals surface area contributed by atoms with Crippen molar-refractivity contribution in [2.75, 3.05) is 23.4 Å². The number of non-ortho nitro benzene ring substituents is 1. The van der Waals surface area contributed by atoms with E-state index < -0.39 is 22.8 Å². The first kappa shape index (κ1) is 29.2. The van der Waals surface area contributed by atoms with Gasteiger partial charge in [-0.15, -0.1) is 0 Å². The zero-order valence-electron chi connectivity index (χ0n) is 21.8. The molecule has 2 N–H and O–H groups in total. The molecule has 5 amide bonds. The molecule has 0 unspecified atom stereocenters. The van der Waals surface area contributed by atoms with E-state index in [2.05, 4.69) is 10.6 Å². The molecule has 0 aromatic heterocycles. The molecule has 0 aliphatic carbocycles. The van der Waals surface area contributed by atoms with Gasteiger partial charge in [-0.2, -0.15) is 0 Å². The highest BCUT2D eigenvalue weighted by Crippen LogP contribution is 2.35. The molecule has 0 spiro atoms. The smallest absolute Gasteiger partial charge is 0.335 e. The molecule has 1 saturated heterocycles. The summed E-state index contributed by atoms with van der Waals surface area (Å²) >= 11 is 1.98. The van der Waals surface area contributed by atoms with E-state index in [0.29, 0.717) is 20.6 Å². The normalized spacial score (nSPS) is 14.1. The Bertz CT molecular complexity index is 1590. The van der Waals surface area contributed by atoms with Crippen LogP contribution in [0.1, 0.15) is 18.1 Å². The number of benzene rings is 3. The summed E-state index contributed by atoms with van der Waals surface area (Å²) in [5.41, 5.74) is 1.51. The highest BCUT2D eigenvalue weighted by Gasteiger charge is 2.37. The fourth-order valence-electron chi connectivity index (χ4n) is 3.91. The van der Waals surface area contributed by atoms with Gasteiger partial charge in [-0.25, -0.2) is 9.69 Å². The lowest BCUT2D eigenvalue weighted by Crippen LogP contribution is -2.54. The van der Waals surface area contributed by atoms with E-state index in [9.17, 15) is 29.3 Å². The number of barbiturate groups is 1. The molecule has 12 nitrogen and oxygen atoms in total. The Morgan fingerprint density at radius 2 is 1.83 bits per heavy atom. The first-order valence-corrected chi connectivity index (χ1v) is 13.3. The van der Waals surface area contributed by atoms with E-state index in [1.54, 1.807) is 25.1 Å². The number of nitrogens with one attached hydrogen (secondary N) is 2. The number of halogens is 1. The maximum absolute atomic E-state index is 13.2. The summed E-state index contributed by atoms with van der Waals surface area (Å²) in [6, 6.07) is 14.3. The SMILES string of the molecule is CCOc1cc(/C=C2\C(=O)NC(=O)N(c3ccc([N+](=O)[O-])cc3)C2=O)cc(I)c1OCC(=O)Nc1cccc(C)c1. The first-order valence-electron chi connectivity index (χ1n) is 12.2. The Morgan fingerprint density at radius 3 is 2.49 bits per heavy atom. The zero-order valence-corrected chi connectivity index (χ0v) is 24.0. The van der Waals surface area contributed by atoms with Crippen LogP contribution in [-0.4, -0.2) is 41.9 Å². The number of aryl methyl sites for hydroxylation is 1. The average molecular weight is 670 g/mol. The van der Waals surface area contributed by atoms with Gasteiger partial charge < -0.3 is 14.8 Å². The zero-order chi connectivity index (χ0) is 29.7. The van der Waals surface area contributed by atoms with Crippen molar-refractivity contribution in [3.8, 4) is 11.5 Å². The maximum atomic E-state index is 13.2. The number of anilines is 2. The largest absolute Gasteiger partial charge is 0.490 e. The van der Waals surface area contributed by atoms with Crippen LogP contribution >= 0.6 is 22.6 Å². The summed E-state index contributed by atoms with van der Waals surface area (Å²) in [5.74, 6) is -1.61. The van der Waals surface area contributed by atoms with Crippen LogP contribution in [0.5, 0.6) is 11.5 Å². The molecule has 0 bridgehead atoms. The quantitative estimate of drug-likeness (QED) is 0.110. The van der Waals surface area contributed by atoms with Crippen LogP contribution in [0.25, 0.3) is 6.08 Å². The van der Waals surface area contributed by atoms with Crippen LogP contribution in [0.4, 0.5) is 21.9 Å². The fourth-order valence-corrected chi connectivity index (χ4v) is 4.70. The molecule has 1 aliphatic heterocycles. The van der Waals surface area contributed by atoms with Gasteiger partial charge in [0.25, 0.3) is 23.4 Å². The second-order valence-electron chi connectivity index (χ2n) is 8.70. The molecule has 0 radical (unpaired) electrons. The summed E-state index contributed by atoms with van der Waals surface area (Å²) in [6.07, 6.45) is 1.29. The second kappa shape index (κ2) is 12.6. The number of urea groups is 1. The van der Waals surface area contributed by atoms with E-state index in [-0.39, 0.29) is 41.8 Å². The van der Waals surface area contributed by atoms with Crippen molar-refractivity contribution < 1.29 is 33.6 Å². The molecule has 1 heterocycles. The highest BCUT2D eigenvalue weighted by molar-refractivity contribution is 14.1. The molecule has 3 aromatic carbocycles. The third-order valence-electron chi connectivity index (χ3n) is 5.71. The van der Waals surface area contributed by atoms with E-state index >= 15 is 0 Å². The number of ether oxygens (including phenoxy) is 2. The molecule has 41 heavy (non-hydrogen) atoms. The van der Waals surface area contributed by atoms with Gasteiger partial charge >= 0.3 is 6.03 Å². The van der Waals surface area contributed by atoms with E-state index in [0.717, 1.165) is 22.6 Å². The van der Waals surface area contributed by atoms with Crippen molar-refractivity contribution in [1.82, 2.24) is 5.32 Å². The molecular formula is C28H23IN4O8. The van der Waals surface area contributed by atoms with Crippen molar-refractivity contribution >= 4 is 69.5 Å². The number of nitro groups is 1. The summed E-state index contributed by atoms with van der Waals surface area (Å²) in [5, 5.41) is 15.8. The van der Waals surface area contributed by atoms with Gasteiger partial charge in [0.2, 0.25) is 0 Å². The molecule has 0 atom stereocenters. The van der Waals surface area contributed by atoms with Crippen LogP contribution < -0.4 is 25.0 Å². The number of rotatable bonds is 9. The van der Waals surface area contributed by atoms with Crippen LogP contribution in [0.2, 0.25) is 0 Å². The van der Waals surface area contributed by atoms with Gasteiger partial charge in [0.05, 0.1) is 20.8 Å². The van der Waals surface area contributed by atoms with Gasteiger partial charge in [-0.3, -0.25) is 29.8 Å². The summed E-state index contributed by atoms with van der Waals surface area (Å²) in [7, 11) is 0. The minimum absolute atomic E-state index is 0.0498. The van der Waals surface area contributed by atoms with Crippen LogP contribution in [-0.2, 0) is 14.4 Å². The fraction of sp³-hybridized carbons (Fsp3) is 0.143. The molecule has 210 valence electrons. The van der Waals surface area contributed by atoms with Gasteiger partial charge in [0, 0.05) is 17.8 Å². The van der Waals surface area contributed by atoms with Gasteiger partial charge in [0.15, 0.2) is 18.1 Å². The molecule has 13 heteroatoms. The number of nitrogens with zero attached hydrogens (tertiary/aromatic N) is 2. The third-order valence-corrected chi connectivity index (χ3v) is 6.51. The summed E-state index contributed by atoms with van der Waals surface area (Å²) in [6.45, 7) is 3.65. The topological polar surface area (TPSA) is 157 Å². The maximum Gasteiger partial charge on any atom is 0.335 e. The van der Waals surface area contributed by atoms with Crippen LogP contribution in [0.15, 0.2) is 66.2 Å². The summed E-state index contributed by atoms with van der Waals surface area (Å²) < 4.78 is 12.0. The molecule has 1 aliphatic rings. The van der Waals surface area contributed by atoms with Crippen molar-refractivity contribution in [2.45, 2.75) is 13.8 Å². The predicted molar refractivity (Wildman–Crippen MR) is 158 cm³/mol. The van der Waals surface area contributed by atoms with E-state index in [1.165, 1.54) is 18.2 Å². The molecule has 0 saturated carbocycles. The average Bonchev–Trinajstić information content (AvgIpc) is 2.91. The minimum Gasteiger partial charge on any atom is -0.490 e. The Kier molecular flexibility index (Phi) is 8.97. The number of carbonyl (C=O) groups excluding carboxylic acids is 4. The molecule has 4 rings (SSSR count). The predicted octanol–water partition coefficient (Wildman–Crippen LogP) is 4.59. The van der Waals surface area contributed by atoms with Crippen molar-refractivity contribution in [2.24, 2.45) is 0 Å². The third kappa shape index (κ3) is 6.87. The summed E-state index contributed by atoms with van der Waals surface area (Å²) in [4.78, 5) is 61.8. The first-order chi connectivity index (χ1) is 19.6. The van der Waals surface area contributed by atoms with Gasteiger partial charge in [0.1, 0.15) is 5.57 Å². The lowest BCUT2D eigenvalue weighted by molar-refractivity contribution is -0.384. The Balaban J connectivity index is 1.58. The van der Waals surface area contributed by atoms with Crippen molar-refractivity contribution in [3.63, 3.8) is 0 Å². The second-order valence-corrected chi connectivity index (χ2v) is 9.86. The number of carbonyl (C=O) groups is 4.